The van der Waals surface area contributed by atoms with E-state index in [0.717, 1.165) is 37.7 Å². The standard InChI is InChI=1S/C14H22O3/c1-3-17-14(16)9-8-11(2)10-12-6-4-5-7-13(12)15/h12H,2-10H2,1H3. The minimum Gasteiger partial charge on any atom is -0.466 e. The van der Waals surface area contributed by atoms with Crippen molar-refractivity contribution in [3.8, 4) is 0 Å². The molecule has 1 saturated carbocycles. The molecule has 1 aliphatic carbocycles. The van der Waals surface area contributed by atoms with Gasteiger partial charge in [-0.2, -0.15) is 0 Å². The van der Waals surface area contributed by atoms with Crippen molar-refractivity contribution in [1.29, 1.82) is 0 Å². The van der Waals surface area contributed by atoms with Crippen LogP contribution in [0.3, 0.4) is 0 Å². The maximum atomic E-state index is 11.6. The molecule has 3 heteroatoms. The fourth-order valence-corrected chi connectivity index (χ4v) is 2.23. The van der Waals surface area contributed by atoms with E-state index in [1.807, 2.05) is 0 Å². The van der Waals surface area contributed by atoms with Crippen LogP contribution < -0.4 is 0 Å². The number of allylic oxidation sites excluding steroid dienone is 1. The third-order valence-electron chi connectivity index (χ3n) is 3.20. The minimum atomic E-state index is -0.177. The molecule has 0 aromatic heterocycles. The summed E-state index contributed by atoms with van der Waals surface area (Å²) >= 11 is 0. The van der Waals surface area contributed by atoms with Gasteiger partial charge in [-0.15, -0.1) is 0 Å². The number of esters is 1. The first kappa shape index (κ1) is 13.9. The van der Waals surface area contributed by atoms with Crippen LogP contribution in [-0.4, -0.2) is 18.4 Å². The van der Waals surface area contributed by atoms with E-state index in [1.165, 1.54) is 0 Å². The first-order chi connectivity index (χ1) is 8.13. The summed E-state index contributed by atoms with van der Waals surface area (Å²) in [5.41, 5.74) is 0.998. The molecule has 1 aliphatic rings. The highest BCUT2D eigenvalue weighted by Gasteiger charge is 2.22. The molecule has 1 fully saturated rings. The van der Waals surface area contributed by atoms with Crippen LogP contribution in [0.2, 0.25) is 0 Å². The highest BCUT2D eigenvalue weighted by atomic mass is 16.5. The smallest absolute Gasteiger partial charge is 0.306 e. The van der Waals surface area contributed by atoms with E-state index in [9.17, 15) is 9.59 Å². The Hall–Kier alpha value is -1.12. The van der Waals surface area contributed by atoms with Gasteiger partial charge in [0.15, 0.2) is 0 Å². The zero-order valence-electron chi connectivity index (χ0n) is 10.7. The highest BCUT2D eigenvalue weighted by Crippen LogP contribution is 2.27. The fraction of sp³-hybridized carbons (Fsp3) is 0.714. The predicted octanol–water partition coefficient (Wildman–Crippen LogP) is 3.04. The van der Waals surface area contributed by atoms with Gasteiger partial charge in [-0.05, 0) is 32.6 Å². The van der Waals surface area contributed by atoms with Crippen molar-refractivity contribution >= 4 is 11.8 Å². The number of hydrogen-bond acceptors (Lipinski definition) is 3. The summed E-state index contributed by atoms with van der Waals surface area (Å²) in [6.07, 6.45) is 5.65. The molecule has 0 aliphatic heterocycles. The van der Waals surface area contributed by atoms with Gasteiger partial charge >= 0.3 is 5.97 Å². The van der Waals surface area contributed by atoms with E-state index < -0.39 is 0 Å². The molecule has 0 bridgehead atoms. The Morgan fingerprint density at radius 1 is 1.41 bits per heavy atom. The Kier molecular flexibility index (Phi) is 5.95. The van der Waals surface area contributed by atoms with Crippen molar-refractivity contribution in [2.45, 2.75) is 51.9 Å². The largest absolute Gasteiger partial charge is 0.466 e. The van der Waals surface area contributed by atoms with Crippen molar-refractivity contribution < 1.29 is 14.3 Å². The van der Waals surface area contributed by atoms with Crippen LogP contribution in [0, 0.1) is 5.92 Å². The maximum absolute atomic E-state index is 11.6. The third-order valence-corrected chi connectivity index (χ3v) is 3.20. The number of Topliss-reactive ketones (excluding diaryl/α,β-unsaturated/α-hetero) is 1. The van der Waals surface area contributed by atoms with Crippen molar-refractivity contribution in [2.75, 3.05) is 6.61 Å². The molecule has 0 heterocycles. The van der Waals surface area contributed by atoms with Crippen molar-refractivity contribution in [3.05, 3.63) is 12.2 Å². The maximum Gasteiger partial charge on any atom is 0.306 e. The molecule has 1 unspecified atom stereocenters. The van der Waals surface area contributed by atoms with E-state index in [1.54, 1.807) is 6.92 Å². The molecule has 0 radical (unpaired) electrons. The van der Waals surface area contributed by atoms with E-state index in [-0.39, 0.29) is 11.9 Å². The summed E-state index contributed by atoms with van der Waals surface area (Å²) in [5, 5.41) is 0. The summed E-state index contributed by atoms with van der Waals surface area (Å²) in [6.45, 7) is 6.18. The number of ketones is 1. The van der Waals surface area contributed by atoms with Crippen LogP contribution in [0.25, 0.3) is 0 Å². The summed E-state index contributed by atoms with van der Waals surface area (Å²) < 4.78 is 4.86. The van der Waals surface area contributed by atoms with E-state index in [2.05, 4.69) is 6.58 Å². The number of carbonyl (C=O) groups excluding carboxylic acids is 2. The molecular weight excluding hydrogens is 216 g/mol. The van der Waals surface area contributed by atoms with Gasteiger partial charge in [0.25, 0.3) is 0 Å². The van der Waals surface area contributed by atoms with Crippen molar-refractivity contribution in [2.24, 2.45) is 5.92 Å². The van der Waals surface area contributed by atoms with Gasteiger partial charge < -0.3 is 4.74 Å². The molecular formula is C14H22O3. The van der Waals surface area contributed by atoms with Crippen LogP contribution >= 0.6 is 0 Å². The monoisotopic (exact) mass is 238 g/mol. The molecule has 0 saturated heterocycles. The molecule has 1 atom stereocenters. The van der Waals surface area contributed by atoms with Gasteiger partial charge in [-0.25, -0.2) is 0 Å². The predicted molar refractivity (Wildman–Crippen MR) is 66.6 cm³/mol. The zero-order chi connectivity index (χ0) is 12.7. The lowest BCUT2D eigenvalue weighted by atomic mass is 9.83. The molecule has 17 heavy (non-hydrogen) atoms. The normalized spacial score (nSPS) is 20.1. The molecule has 1 rings (SSSR count). The molecule has 0 N–H and O–H groups in total. The Morgan fingerprint density at radius 3 is 2.82 bits per heavy atom. The first-order valence-electron chi connectivity index (χ1n) is 6.48. The Labute approximate surface area is 103 Å². The SMILES string of the molecule is C=C(CCC(=O)OCC)CC1CCCCC1=O. The number of hydrogen-bond donors (Lipinski definition) is 0. The van der Waals surface area contributed by atoms with Crippen LogP contribution in [0.15, 0.2) is 12.2 Å². The Balaban J connectivity index is 2.24. The summed E-state index contributed by atoms with van der Waals surface area (Å²) in [5.74, 6) is 0.343. The van der Waals surface area contributed by atoms with E-state index in [4.69, 9.17) is 4.74 Å². The zero-order valence-corrected chi connectivity index (χ0v) is 10.7. The van der Waals surface area contributed by atoms with Crippen molar-refractivity contribution in [3.63, 3.8) is 0 Å². The summed E-state index contributed by atoms with van der Waals surface area (Å²) in [7, 11) is 0. The van der Waals surface area contributed by atoms with Gasteiger partial charge in [-0.3, -0.25) is 9.59 Å². The average Bonchev–Trinajstić information content (AvgIpc) is 2.30. The lowest BCUT2D eigenvalue weighted by Crippen LogP contribution is -2.19. The number of ether oxygens (including phenoxy) is 1. The second-order valence-corrected chi connectivity index (χ2v) is 4.67. The Bertz CT molecular complexity index is 294. The molecule has 96 valence electrons. The van der Waals surface area contributed by atoms with Crippen LogP contribution in [0.5, 0.6) is 0 Å². The van der Waals surface area contributed by atoms with Gasteiger partial charge in [-0.1, -0.05) is 18.6 Å². The number of carbonyl (C=O) groups is 2. The number of rotatable bonds is 6. The lowest BCUT2D eigenvalue weighted by Gasteiger charge is -2.21. The highest BCUT2D eigenvalue weighted by molar-refractivity contribution is 5.81. The first-order valence-corrected chi connectivity index (χ1v) is 6.48. The van der Waals surface area contributed by atoms with Crippen LogP contribution in [0.4, 0.5) is 0 Å². The molecule has 3 nitrogen and oxygen atoms in total. The second-order valence-electron chi connectivity index (χ2n) is 4.67. The molecule has 0 aromatic rings. The Morgan fingerprint density at radius 2 is 2.18 bits per heavy atom. The average molecular weight is 238 g/mol. The van der Waals surface area contributed by atoms with Gasteiger partial charge in [0.1, 0.15) is 5.78 Å². The van der Waals surface area contributed by atoms with Crippen LogP contribution in [-0.2, 0) is 14.3 Å². The van der Waals surface area contributed by atoms with Gasteiger partial charge in [0.2, 0.25) is 0 Å². The minimum absolute atomic E-state index is 0.151. The van der Waals surface area contributed by atoms with E-state index >= 15 is 0 Å². The summed E-state index contributed by atoms with van der Waals surface area (Å²) in [4.78, 5) is 22.8. The molecule has 0 amide bonds. The third kappa shape index (κ3) is 5.16. The lowest BCUT2D eigenvalue weighted by molar-refractivity contribution is -0.143. The quantitative estimate of drug-likeness (QED) is 0.527. The molecule has 0 spiro atoms. The van der Waals surface area contributed by atoms with Gasteiger partial charge in [0.05, 0.1) is 6.61 Å². The topological polar surface area (TPSA) is 43.4 Å². The second kappa shape index (κ2) is 7.25. The van der Waals surface area contributed by atoms with Crippen molar-refractivity contribution in [1.82, 2.24) is 0 Å². The van der Waals surface area contributed by atoms with Gasteiger partial charge in [0, 0.05) is 18.8 Å². The summed E-state index contributed by atoms with van der Waals surface area (Å²) in [6, 6.07) is 0. The fourth-order valence-electron chi connectivity index (χ4n) is 2.23. The molecule has 0 aromatic carbocycles. The van der Waals surface area contributed by atoms with E-state index in [0.29, 0.717) is 25.2 Å². The van der Waals surface area contributed by atoms with Crippen LogP contribution in [0.1, 0.15) is 51.9 Å².